The first-order valence-corrected chi connectivity index (χ1v) is 5.60. The molecule has 2 aromatic rings. The van der Waals surface area contributed by atoms with E-state index in [1.54, 1.807) is 6.20 Å². The van der Waals surface area contributed by atoms with E-state index in [1.165, 1.54) is 0 Å². The van der Waals surface area contributed by atoms with Crippen LogP contribution in [0.15, 0.2) is 24.4 Å². The fraction of sp³-hybridized carbons (Fsp3) is 0.250. The standard InChI is InChI=1S/C12H14ClN3/c1-3-12-11(14)7-15-16(12)9-5-4-8(2)10(13)6-9/h4-7H,3,14H2,1-2H3. The number of aryl methyl sites for hydroxylation is 1. The van der Waals surface area contributed by atoms with Crippen molar-refractivity contribution in [1.82, 2.24) is 9.78 Å². The van der Waals surface area contributed by atoms with Gasteiger partial charge in [0.1, 0.15) is 0 Å². The second-order valence-electron chi connectivity index (χ2n) is 3.75. The third-order valence-corrected chi connectivity index (χ3v) is 3.04. The van der Waals surface area contributed by atoms with Crippen molar-refractivity contribution in [1.29, 1.82) is 0 Å². The highest BCUT2D eigenvalue weighted by atomic mass is 35.5. The number of nitrogens with two attached hydrogens (primary N) is 1. The van der Waals surface area contributed by atoms with E-state index in [4.69, 9.17) is 17.3 Å². The number of nitrogens with zero attached hydrogens (tertiary/aromatic N) is 2. The average molecular weight is 236 g/mol. The second-order valence-corrected chi connectivity index (χ2v) is 4.15. The first-order valence-electron chi connectivity index (χ1n) is 5.22. The van der Waals surface area contributed by atoms with Crippen LogP contribution in [0.2, 0.25) is 5.02 Å². The molecule has 0 bridgehead atoms. The fourth-order valence-corrected chi connectivity index (χ4v) is 1.85. The Balaban J connectivity index is 2.54. The minimum Gasteiger partial charge on any atom is -0.396 e. The van der Waals surface area contributed by atoms with Crippen LogP contribution in [0.3, 0.4) is 0 Å². The molecule has 1 heterocycles. The molecule has 0 aliphatic heterocycles. The molecule has 1 aromatic carbocycles. The van der Waals surface area contributed by atoms with Crippen molar-refractivity contribution in [3.05, 3.63) is 40.7 Å². The van der Waals surface area contributed by atoms with E-state index in [-0.39, 0.29) is 0 Å². The van der Waals surface area contributed by atoms with Crippen LogP contribution in [-0.4, -0.2) is 9.78 Å². The Labute approximate surface area is 99.8 Å². The SMILES string of the molecule is CCc1c(N)cnn1-c1ccc(C)c(Cl)c1. The lowest BCUT2D eigenvalue weighted by molar-refractivity contribution is 0.815. The zero-order chi connectivity index (χ0) is 11.7. The summed E-state index contributed by atoms with van der Waals surface area (Å²) in [5, 5.41) is 5.00. The Morgan fingerprint density at radius 1 is 1.44 bits per heavy atom. The molecule has 84 valence electrons. The molecule has 0 aliphatic rings. The van der Waals surface area contributed by atoms with Crippen LogP contribution >= 0.6 is 11.6 Å². The van der Waals surface area contributed by atoms with Gasteiger partial charge in [0.2, 0.25) is 0 Å². The van der Waals surface area contributed by atoms with Gasteiger partial charge in [-0.3, -0.25) is 0 Å². The van der Waals surface area contributed by atoms with Gasteiger partial charge in [-0.05, 0) is 31.0 Å². The van der Waals surface area contributed by atoms with Gasteiger partial charge < -0.3 is 5.73 Å². The summed E-state index contributed by atoms with van der Waals surface area (Å²) in [5.74, 6) is 0. The summed E-state index contributed by atoms with van der Waals surface area (Å²) in [7, 11) is 0. The molecular formula is C12H14ClN3. The minimum absolute atomic E-state index is 0.721. The van der Waals surface area contributed by atoms with E-state index in [9.17, 15) is 0 Å². The quantitative estimate of drug-likeness (QED) is 0.870. The topological polar surface area (TPSA) is 43.8 Å². The maximum atomic E-state index is 6.09. The molecule has 0 aliphatic carbocycles. The molecule has 3 nitrogen and oxygen atoms in total. The zero-order valence-electron chi connectivity index (χ0n) is 9.37. The Bertz CT molecular complexity index is 517. The predicted molar refractivity (Wildman–Crippen MR) is 67.1 cm³/mol. The molecule has 16 heavy (non-hydrogen) atoms. The maximum Gasteiger partial charge on any atom is 0.0737 e. The van der Waals surface area contributed by atoms with Gasteiger partial charge in [-0.2, -0.15) is 5.10 Å². The molecule has 0 spiro atoms. The van der Waals surface area contributed by atoms with Gasteiger partial charge in [0.05, 0.1) is 23.3 Å². The maximum absolute atomic E-state index is 6.09. The van der Waals surface area contributed by atoms with Crippen LogP contribution in [0.1, 0.15) is 18.2 Å². The van der Waals surface area contributed by atoms with Gasteiger partial charge in [-0.1, -0.05) is 24.6 Å². The molecule has 2 rings (SSSR count). The third-order valence-electron chi connectivity index (χ3n) is 2.64. The highest BCUT2D eigenvalue weighted by Crippen LogP contribution is 2.22. The Morgan fingerprint density at radius 3 is 2.81 bits per heavy atom. The fourth-order valence-electron chi connectivity index (χ4n) is 1.68. The number of halogens is 1. The molecule has 0 saturated heterocycles. The van der Waals surface area contributed by atoms with Crippen molar-refractivity contribution in [3.63, 3.8) is 0 Å². The van der Waals surface area contributed by atoms with Crippen molar-refractivity contribution in [2.75, 3.05) is 5.73 Å². The van der Waals surface area contributed by atoms with Crippen molar-refractivity contribution < 1.29 is 0 Å². The van der Waals surface area contributed by atoms with Gasteiger partial charge in [0.15, 0.2) is 0 Å². The predicted octanol–water partition coefficient (Wildman–Crippen LogP) is 2.98. The highest BCUT2D eigenvalue weighted by Gasteiger charge is 2.08. The zero-order valence-corrected chi connectivity index (χ0v) is 10.1. The second kappa shape index (κ2) is 4.18. The lowest BCUT2D eigenvalue weighted by Gasteiger charge is -2.08. The number of nitrogen functional groups attached to an aromatic ring is 1. The van der Waals surface area contributed by atoms with Crippen LogP contribution in [0.4, 0.5) is 5.69 Å². The molecule has 0 atom stereocenters. The lowest BCUT2D eigenvalue weighted by Crippen LogP contribution is -2.02. The van der Waals surface area contributed by atoms with Gasteiger partial charge in [-0.25, -0.2) is 4.68 Å². The van der Waals surface area contributed by atoms with Crippen LogP contribution in [-0.2, 0) is 6.42 Å². The summed E-state index contributed by atoms with van der Waals surface area (Å²) in [6.07, 6.45) is 2.52. The normalized spacial score (nSPS) is 10.7. The van der Waals surface area contributed by atoms with Crippen molar-refractivity contribution in [2.45, 2.75) is 20.3 Å². The molecular weight excluding hydrogens is 222 g/mol. The summed E-state index contributed by atoms with van der Waals surface area (Å²) in [6, 6.07) is 5.88. The van der Waals surface area contributed by atoms with Crippen LogP contribution < -0.4 is 5.73 Å². The molecule has 4 heteroatoms. The minimum atomic E-state index is 0.721. The van der Waals surface area contributed by atoms with Crippen molar-refractivity contribution in [3.8, 4) is 5.69 Å². The monoisotopic (exact) mass is 235 g/mol. The Kier molecular flexibility index (Phi) is 2.88. The highest BCUT2D eigenvalue weighted by molar-refractivity contribution is 6.31. The Morgan fingerprint density at radius 2 is 2.19 bits per heavy atom. The molecule has 0 amide bonds. The number of rotatable bonds is 2. The van der Waals surface area contributed by atoms with Crippen molar-refractivity contribution in [2.24, 2.45) is 0 Å². The van der Waals surface area contributed by atoms with Crippen molar-refractivity contribution >= 4 is 17.3 Å². The average Bonchev–Trinajstić information content (AvgIpc) is 2.63. The summed E-state index contributed by atoms with van der Waals surface area (Å²) < 4.78 is 1.83. The van der Waals surface area contributed by atoms with E-state index in [1.807, 2.05) is 29.8 Å². The van der Waals surface area contributed by atoms with Crippen LogP contribution in [0, 0.1) is 6.92 Å². The molecule has 2 N–H and O–H groups in total. The summed E-state index contributed by atoms with van der Waals surface area (Å²) >= 11 is 6.09. The molecule has 0 fully saturated rings. The summed E-state index contributed by atoms with van der Waals surface area (Å²) in [6.45, 7) is 4.03. The largest absolute Gasteiger partial charge is 0.396 e. The van der Waals surface area contributed by atoms with E-state index in [0.717, 1.165) is 34.1 Å². The molecule has 0 radical (unpaired) electrons. The Hall–Kier alpha value is -1.48. The van der Waals surface area contributed by atoms with E-state index in [2.05, 4.69) is 12.0 Å². The van der Waals surface area contributed by atoms with E-state index >= 15 is 0 Å². The number of hydrogen-bond acceptors (Lipinski definition) is 2. The summed E-state index contributed by atoms with van der Waals surface area (Å²) in [4.78, 5) is 0. The molecule has 0 unspecified atom stereocenters. The van der Waals surface area contributed by atoms with Crippen LogP contribution in [0.5, 0.6) is 0 Å². The molecule has 0 saturated carbocycles. The number of hydrogen-bond donors (Lipinski definition) is 1. The van der Waals surface area contributed by atoms with Gasteiger partial charge in [-0.15, -0.1) is 0 Å². The first kappa shape index (κ1) is 11.0. The van der Waals surface area contributed by atoms with Crippen LogP contribution in [0.25, 0.3) is 5.69 Å². The summed E-state index contributed by atoms with van der Waals surface area (Å²) in [5.41, 5.74) is 9.58. The van der Waals surface area contributed by atoms with Gasteiger partial charge >= 0.3 is 0 Å². The van der Waals surface area contributed by atoms with E-state index in [0.29, 0.717) is 0 Å². The molecule has 1 aromatic heterocycles. The lowest BCUT2D eigenvalue weighted by atomic mass is 10.2. The third kappa shape index (κ3) is 1.78. The van der Waals surface area contributed by atoms with Gasteiger partial charge in [0.25, 0.3) is 0 Å². The van der Waals surface area contributed by atoms with Gasteiger partial charge in [0, 0.05) is 5.02 Å². The van der Waals surface area contributed by atoms with E-state index < -0.39 is 0 Å². The number of benzene rings is 1. The number of anilines is 1. The first-order chi connectivity index (χ1) is 7.63. The number of aromatic nitrogens is 2. The smallest absolute Gasteiger partial charge is 0.0737 e.